The standard InChI is InChI=1S/C29H29F2N5O2S/c1-4-14-39(38)35-25-12-11-24(30)26(27(25)31)28(37)23-18-34-29-22(23)15-20(17-33-29)19-9-10-21(32-16-19)8-7-13-36(5-2)6-3/h9-12,15-18,35H,4-6,13-14H2,1-3H3,(H,33,34). The molecule has 0 bridgehead atoms. The number of hydrogen-bond acceptors (Lipinski definition) is 5. The molecule has 0 aliphatic rings. The quantitative estimate of drug-likeness (QED) is 0.207. The van der Waals surface area contributed by atoms with Crippen LogP contribution < -0.4 is 4.72 Å². The van der Waals surface area contributed by atoms with Gasteiger partial charge < -0.3 is 9.71 Å². The number of halogens is 2. The van der Waals surface area contributed by atoms with Gasteiger partial charge in [0, 0.05) is 46.4 Å². The summed E-state index contributed by atoms with van der Waals surface area (Å²) in [6.07, 6.45) is 5.29. The molecule has 10 heteroatoms. The van der Waals surface area contributed by atoms with Crippen LogP contribution in [0.2, 0.25) is 0 Å². The van der Waals surface area contributed by atoms with E-state index in [9.17, 15) is 13.4 Å². The SMILES string of the molecule is CCCS(=O)Nc1ccc(F)c(C(=O)c2c[nH]c3ncc(-c4ccc(C#CCN(CC)CC)nc4)cc23)c1F. The third-order valence-electron chi connectivity index (χ3n) is 6.22. The summed E-state index contributed by atoms with van der Waals surface area (Å²) >= 11 is 0. The van der Waals surface area contributed by atoms with Gasteiger partial charge in [0.05, 0.1) is 17.8 Å². The minimum absolute atomic E-state index is 0.0656. The third-order valence-corrected chi connectivity index (χ3v) is 7.44. The first-order chi connectivity index (χ1) is 18.9. The lowest BCUT2D eigenvalue weighted by Crippen LogP contribution is -2.22. The number of benzene rings is 1. The lowest BCUT2D eigenvalue weighted by atomic mass is 10.00. The fourth-order valence-corrected chi connectivity index (χ4v) is 4.89. The number of pyridine rings is 2. The van der Waals surface area contributed by atoms with E-state index in [0.29, 0.717) is 35.3 Å². The highest BCUT2D eigenvalue weighted by Crippen LogP contribution is 2.29. The molecule has 202 valence electrons. The van der Waals surface area contributed by atoms with E-state index in [1.807, 2.05) is 19.1 Å². The van der Waals surface area contributed by atoms with Crippen LogP contribution in [0.1, 0.15) is 48.8 Å². The molecule has 0 aliphatic heterocycles. The van der Waals surface area contributed by atoms with E-state index in [4.69, 9.17) is 0 Å². The number of aromatic amines is 1. The molecule has 0 spiro atoms. The van der Waals surface area contributed by atoms with Crippen molar-refractivity contribution < 1.29 is 17.8 Å². The zero-order chi connectivity index (χ0) is 27.9. The maximum absolute atomic E-state index is 15.2. The van der Waals surface area contributed by atoms with Gasteiger partial charge in [-0.15, -0.1) is 0 Å². The third kappa shape index (κ3) is 6.38. The number of nitrogens with one attached hydrogen (secondary N) is 2. The molecular weight excluding hydrogens is 520 g/mol. The van der Waals surface area contributed by atoms with Crippen LogP contribution in [0.25, 0.3) is 22.2 Å². The molecule has 0 amide bonds. The zero-order valence-electron chi connectivity index (χ0n) is 22.0. The first kappa shape index (κ1) is 28.1. The van der Waals surface area contributed by atoms with E-state index >= 15 is 4.39 Å². The molecule has 1 atom stereocenters. The smallest absolute Gasteiger partial charge is 0.201 e. The minimum Gasteiger partial charge on any atom is -0.345 e. The van der Waals surface area contributed by atoms with Gasteiger partial charge in [0.25, 0.3) is 0 Å². The molecule has 3 heterocycles. The molecule has 0 radical (unpaired) electrons. The van der Waals surface area contributed by atoms with Crippen molar-refractivity contribution in [3.05, 3.63) is 77.4 Å². The number of carbonyl (C=O) groups excluding carboxylic acids is 1. The van der Waals surface area contributed by atoms with Crippen molar-refractivity contribution in [2.45, 2.75) is 27.2 Å². The van der Waals surface area contributed by atoms with Crippen molar-refractivity contribution in [3.8, 4) is 23.0 Å². The van der Waals surface area contributed by atoms with Gasteiger partial charge in [-0.2, -0.15) is 0 Å². The minimum atomic E-state index is -1.56. The molecule has 0 saturated carbocycles. The Kier molecular flexibility index (Phi) is 9.17. The molecule has 1 aromatic carbocycles. The van der Waals surface area contributed by atoms with Crippen LogP contribution in [0.4, 0.5) is 14.5 Å². The molecule has 4 aromatic rings. The molecule has 0 saturated heterocycles. The van der Waals surface area contributed by atoms with Crippen molar-refractivity contribution in [3.63, 3.8) is 0 Å². The highest BCUT2D eigenvalue weighted by atomic mass is 32.2. The lowest BCUT2D eigenvalue weighted by Gasteiger charge is -2.13. The molecule has 2 N–H and O–H groups in total. The van der Waals surface area contributed by atoms with Crippen molar-refractivity contribution >= 4 is 33.5 Å². The number of carbonyl (C=O) groups is 1. The molecule has 39 heavy (non-hydrogen) atoms. The van der Waals surface area contributed by atoms with E-state index in [-0.39, 0.29) is 17.0 Å². The van der Waals surface area contributed by atoms with Gasteiger partial charge in [-0.25, -0.2) is 23.0 Å². The van der Waals surface area contributed by atoms with E-state index in [2.05, 4.69) is 50.3 Å². The maximum Gasteiger partial charge on any atom is 0.201 e. The first-order valence-electron chi connectivity index (χ1n) is 12.7. The Balaban J connectivity index is 1.63. The van der Waals surface area contributed by atoms with Gasteiger partial charge in [0.15, 0.2) is 5.82 Å². The Morgan fingerprint density at radius 2 is 1.85 bits per heavy atom. The number of ketones is 1. The Hall–Kier alpha value is -3.94. The first-order valence-corrected chi connectivity index (χ1v) is 14.0. The number of H-pyrrole nitrogens is 1. The summed E-state index contributed by atoms with van der Waals surface area (Å²) in [5.41, 5.74) is 1.60. The van der Waals surface area contributed by atoms with Crippen LogP contribution in [-0.2, 0) is 11.0 Å². The number of hydrogen-bond donors (Lipinski definition) is 2. The average Bonchev–Trinajstić information content (AvgIpc) is 3.36. The summed E-state index contributed by atoms with van der Waals surface area (Å²) in [4.78, 5) is 27.2. The summed E-state index contributed by atoms with van der Waals surface area (Å²) in [6, 6.07) is 7.51. The average molecular weight is 550 g/mol. The van der Waals surface area contributed by atoms with Crippen LogP contribution >= 0.6 is 0 Å². The summed E-state index contributed by atoms with van der Waals surface area (Å²) in [6.45, 7) is 8.54. The maximum atomic E-state index is 15.2. The van der Waals surface area contributed by atoms with Crippen LogP contribution in [0, 0.1) is 23.5 Å². The molecular formula is C29H29F2N5O2S. The fourth-order valence-electron chi connectivity index (χ4n) is 4.01. The fraction of sp³-hybridized carbons (Fsp3) is 0.276. The predicted molar refractivity (Wildman–Crippen MR) is 151 cm³/mol. The van der Waals surface area contributed by atoms with E-state index in [1.54, 1.807) is 18.5 Å². The normalized spacial score (nSPS) is 11.8. The van der Waals surface area contributed by atoms with Gasteiger partial charge in [0.1, 0.15) is 28.1 Å². The Morgan fingerprint density at radius 3 is 2.54 bits per heavy atom. The van der Waals surface area contributed by atoms with Crippen LogP contribution in [0.5, 0.6) is 0 Å². The Labute approximate surface area is 228 Å². The number of nitrogens with zero attached hydrogens (tertiary/aromatic N) is 3. The molecule has 0 aliphatic carbocycles. The summed E-state index contributed by atoms with van der Waals surface area (Å²) in [5.74, 6) is 3.52. The van der Waals surface area contributed by atoms with Gasteiger partial charge in [-0.1, -0.05) is 26.7 Å². The number of aromatic nitrogens is 3. The van der Waals surface area contributed by atoms with Gasteiger partial charge in [-0.3, -0.25) is 9.69 Å². The van der Waals surface area contributed by atoms with Crippen molar-refractivity contribution in [2.24, 2.45) is 0 Å². The summed E-state index contributed by atoms with van der Waals surface area (Å²) in [5, 5.41) is 0.410. The predicted octanol–water partition coefficient (Wildman–Crippen LogP) is 5.31. The monoisotopic (exact) mass is 549 g/mol. The van der Waals surface area contributed by atoms with Crippen LogP contribution in [0.15, 0.2) is 48.9 Å². The van der Waals surface area contributed by atoms with Gasteiger partial charge in [0.2, 0.25) is 5.78 Å². The highest BCUT2D eigenvalue weighted by molar-refractivity contribution is 7.86. The second-order valence-electron chi connectivity index (χ2n) is 8.78. The van der Waals surface area contributed by atoms with Crippen molar-refractivity contribution in [1.82, 2.24) is 19.9 Å². The zero-order valence-corrected chi connectivity index (χ0v) is 22.8. The topological polar surface area (TPSA) is 91.0 Å². The van der Waals surface area contributed by atoms with Crippen molar-refractivity contribution in [1.29, 1.82) is 0 Å². The summed E-state index contributed by atoms with van der Waals surface area (Å²) < 4.78 is 44.5. The van der Waals surface area contributed by atoms with E-state index in [1.165, 1.54) is 6.20 Å². The lowest BCUT2D eigenvalue weighted by molar-refractivity contribution is 0.103. The largest absolute Gasteiger partial charge is 0.345 e. The Morgan fingerprint density at radius 1 is 1.08 bits per heavy atom. The molecule has 0 fully saturated rings. The number of rotatable bonds is 10. The van der Waals surface area contributed by atoms with E-state index in [0.717, 1.165) is 30.8 Å². The van der Waals surface area contributed by atoms with Crippen LogP contribution in [-0.4, -0.2) is 55.2 Å². The number of anilines is 1. The highest BCUT2D eigenvalue weighted by Gasteiger charge is 2.25. The Bertz CT molecular complexity index is 1570. The molecule has 7 nitrogen and oxygen atoms in total. The summed E-state index contributed by atoms with van der Waals surface area (Å²) in [7, 11) is -1.56. The molecule has 4 rings (SSSR count). The van der Waals surface area contributed by atoms with Crippen LogP contribution in [0.3, 0.4) is 0 Å². The second kappa shape index (κ2) is 12.7. The van der Waals surface area contributed by atoms with Crippen molar-refractivity contribution in [2.75, 3.05) is 30.1 Å². The molecule has 1 unspecified atom stereocenters. The number of fused-ring (bicyclic) bond motifs is 1. The van der Waals surface area contributed by atoms with Gasteiger partial charge in [-0.05, 0) is 55.8 Å². The van der Waals surface area contributed by atoms with E-state index < -0.39 is 34.0 Å². The second-order valence-corrected chi connectivity index (χ2v) is 10.1. The van der Waals surface area contributed by atoms with Gasteiger partial charge >= 0.3 is 0 Å². The molecule has 3 aromatic heterocycles.